The van der Waals surface area contributed by atoms with Gasteiger partial charge in [-0.05, 0) is 31.4 Å². The van der Waals surface area contributed by atoms with E-state index in [1.807, 2.05) is 24.0 Å². The summed E-state index contributed by atoms with van der Waals surface area (Å²) in [7, 11) is 0. The number of nitrogens with zero attached hydrogens (tertiary/aromatic N) is 2. The van der Waals surface area contributed by atoms with Crippen molar-refractivity contribution in [3.8, 4) is 11.5 Å². The number of hydrogen-bond donors (Lipinski definition) is 0. The largest absolute Gasteiger partial charge is 0.486 e. The fraction of sp³-hybridized carbons (Fsp3) is 0.632. The molecule has 3 aliphatic rings. The van der Waals surface area contributed by atoms with Gasteiger partial charge >= 0.3 is 0 Å². The fourth-order valence-corrected chi connectivity index (χ4v) is 3.99. The number of carbonyl (C=O) groups is 1. The van der Waals surface area contributed by atoms with Crippen LogP contribution in [0.5, 0.6) is 11.5 Å². The molecule has 2 fully saturated rings. The van der Waals surface area contributed by atoms with Crippen LogP contribution in [-0.4, -0.2) is 74.4 Å². The van der Waals surface area contributed by atoms with Gasteiger partial charge in [-0.3, -0.25) is 9.69 Å². The highest BCUT2D eigenvalue weighted by Crippen LogP contribution is 2.37. The molecule has 0 aromatic heterocycles. The standard InChI is InChI=1S/C19H26N2O4/c1-14-2-3-16(18-17(14)24-12-13-25-18)19(22)21-6-4-15(5-7-21)20-8-10-23-11-9-20/h2-3,15H,4-13H2,1H3. The fourth-order valence-electron chi connectivity index (χ4n) is 3.99. The first kappa shape index (κ1) is 16.7. The minimum atomic E-state index is 0.0576. The van der Waals surface area contributed by atoms with Gasteiger partial charge in [-0.15, -0.1) is 0 Å². The average molecular weight is 346 g/mol. The van der Waals surface area contributed by atoms with Crippen LogP contribution >= 0.6 is 0 Å². The van der Waals surface area contributed by atoms with E-state index in [9.17, 15) is 4.79 Å². The number of morpholine rings is 1. The second-order valence-electron chi connectivity index (χ2n) is 6.96. The zero-order valence-corrected chi connectivity index (χ0v) is 14.8. The van der Waals surface area contributed by atoms with Crippen LogP contribution in [0.3, 0.4) is 0 Å². The van der Waals surface area contributed by atoms with E-state index < -0.39 is 0 Å². The van der Waals surface area contributed by atoms with Crippen molar-refractivity contribution >= 4 is 5.91 Å². The van der Waals surface area contributed by atoms with Crippen molar-refractivity contribution in [1.82, 2.24) is 9.80 Å². The maximum Gasteiger partial charge on any atom is 0.257 e. The van der Waals surface area contributed by atoms with Gasteiger partial charge in [-0.1, -0.05) is 6.07 Å². The minimum absolute atomic E-state index is 0.0576. The number of hydrogen-bond acceptors (Lipinski definition) is 5. The van der Waals surface area contributed by atoms with Crippen LogP contribution in [0.25, 0.3) is 0 Å². The smallest absolute Gasteiger partial charge is 0.257 e. The van der Waals surface area contributed by atoms with E-state index in [0.717, 1.165) is 63.5 Å². The van der Waals surface area contributed by atoms with Crippen LogP contribution < -0.4 is 9.47 Å². The summed E-state index contributed by atoms with van der Waals surface area (Å²) in [6.07, 6.45) is 2.05. The number of fused-ring (bicyclic) bond motifs is 1. The molecule has 0 saturated carbocycles. The summed E-state index contributed by atoms with van der Waals surface area (Å²) in [6.45, 7) is 8.28. The Bertz CT molecular complexity index is 635. The molecule has 2 saturated heterocycles. The third-order valence-electron chi connectivity index (χ3n) is 5.43. The molecule has 0 N–H and O–H groups in total. The molecule has 1 aromatic rings. The van der Waals surface area contributed by atoms with E-state index in [-0.39, 0.29) is 5.91 Å². The normalized spacial score (nSPS) is 22.0. The summed E-state index contributed by atoms with van der Waals surface area (Å²) in [5.41, 5.74) is 1.64. The van der Waals surface area contributed by atoms with E-state index in [1.165, 1.54) is 0 Å². The Morgan fingerprint density at radius 3 is 2.36 bits per heavy atom. The Labute approximate surface area is 148 Å². The predicted molar refractivity (Wildman–Crippen MR) is 93.5 cm³/mol. The van der Waals surface area contributed by atoms with Gasteiger partial charge in [0.15, 0.2) is 11.5 Å². The summed E-state index contributed by atoms with van der Waals surface area (Å²) < 4.78 is 16.9. The Morgan fingerprint density at radius 2 is 1.64 bits per heavy atom. The zero-order valence-electron chi connectivity index (χ0n) is 14.8. The highest BCUT2D eigenvalue weighted by molar-refractivity contribution is 5.98. The van der Waals surface area contributed by atoms with Gasteiger partial charge in [0.05, 0.1) is 18.8 Å². The van der Waals surface area contributed by atoms with Crippen LogP contribution in [-0.2, 0) is 4.74 Å². The zero-order chi connectivity index (χ0) is 17.2. The van der Waals surface area contributed by atoms with Crippen LogP contribution in [0.2, 0.25) is 0 Å². The molecule has 0 spiro atoms. The van der Waals surface area contributed by atoms with Crippen LogP contribution in [0.4, 0.5) is 0 Å². The Hall–Kier alpha value is -1.79. The topological polar surface area (TPSA) is 51.2 Å². The van der Waals surface area contributed by atoms with Crippen LogP contribution in [0.1, 0.15) is 28.8 Å². The molecular formula is C19H26N2O4. The van der Waals surface area contributed by atoms with Crippen LogP contribution in [0.15, 0.2) is 12.1 Å². The number of ether oxygens (including phenoxy) is 3. The molecule has 0 atom stereocenters. The monoisotopic (exact) mass is 346 g/mol. The molecule has 3 heterocycles. The predicted octanol–water partition coefficient (Wildman–Crippen LogP) is 1.70. The van der Waals surface area contributed by atoms with Crippen molar-refractivity contribution in [1.29, 1.82) is 0 Å². The third-order valence-corrected chi connectivity index (χ3v) is 5.43. The molecule has 0 radical (unpaired) electrons. The lowest BCUT2D eigenvalue weighted by atomic mass is 10.0. The Morgan fingerprint density at radius 1 is 0.960 bits per heavy atom. The maximum absolute atomic E-state index is 13.0. The summed E-state index contributed by atoms with van der Waals surface area (Å²) >= 11 is 0. The van der Waals surface area contributed by atoms with Gasteiger partial charge in [0.2, 0.25) is 0 Å². The molecule has 1 aromatic carbocycles. The van der Waals surface area contributed by atoms with E-state index in [0.29, 0.717) is 30.6 Å². The van der Waals surface area contributed by atoms with Gasteiger partial charge in [-0.25, -0.2) is 0 Å². The molecule has 25 heavy (non-hydrogen) atoms. The van der Waals surface area contributed by atoms with E-state index >= 15 is 0 Å². The third kappa shape index (κ3) is 3.33. The molecule has 1 amide bonds. The van der Waals surface area contributed by atoms with E-state index in [2.05, 4.69) is 4.90 Å². The number of benzene rings is 1. The molecule has 136 valence electrons. The second-order valence-corrected chi connectivity index (χ2v) is 6.96. The SMILES string of the molecule is Cc1ccc(C(=O)N2CCC(N3CCOCC3)CC2)c2c1OCCO2. The summed E-state index contributed by atoms with van der Waals surface area (Å²) in [4.78, 5) is 17.5. The van der Waals surface area contributed by atoms with Crippen molar-refractivity contribution in [3.05, 3.63) is 23.3 Å². The highest BCUT2D eigenvalue weighted by Gasteiger charge is 2.31. The van der Waals surface area contributed by atoms with Crippen molar-refractivity contribution < 1.29 is 19.0 Å². The number of rotatable bonds is 2. The molecule has 6 heteroatoms. The van der Waals surface area contributed by atoms with Crippen molar-refractivity contribution in [2.24, 2.45) is 0 Å². The van der Waals surface area contributed by atoms with Crippen molar-refractivity contribution in [2.75, 3.05) is 52.6 Å². The molecule has 3 aliphatic heterocycles. The lowest BCUT2D eigenvalue weighted by Crippen LogP contribution is -2.50. The number of aryl methyl sites for hydroxylation is 1. The van der Waals surface area contributed by atoms with Crippen molar-refractivity contribution in [2.45, 2.75) is 25.8 Å². The second kappa shape index (κ2) is 7.22. The Balaban J connectivity index is 1.44. The molecule has 6 nitrogen and oxygen atoms in total. The van der Waals surface area contributed by atoms with Crippen molar-refractivity contribution in [3.63, 3.8) is 0 Å². The first-order valence-corrected chi connectivity index (χ1v) is 9.24. The number of piperidine rings is 1. The van der Waals surface area contributed by atoms with E-state index in [1.54, 1.807) is 0 Å². The number of amides is 1. The summed E-state index contributed by atoms with van der Waals surface area (Å²) in [6, 6.07) is 4.39. The lowest BCUT2D eigenvalue weighted by molar-refractivity contribution is 0.00152. The first-order valence-electron chi connectivity index (χ1n) is 9.24. The molecule has 0 unspecified atom stereocenters. The lowest BCUT2D eigenvalue weighted by Gasteiger charge is -2.40. The molecular weight excluding hydrogens is 320 g/mol. The minimum Gasteiger partial charge on any atom is -0.486 e. The van der Waals surface area contributed by atoms with Gasteiger partial charge in [0.25, 0.3) is 5.91 Å². The number of likely N-dealkylation sites (tertiary alicyclic amines) is 1. The van der Waals surface area contributed by atoms with Gasteiger partial charge in [-0.2, -0.15) is 0 Å². The van der Waals surface area contributed by atoms with Gasteiger partial charge in [0, 0.05) is 32.2 Å². The molecule has 0 aliphatic carbocycles. The molecule has 0 bridgehead atoms. The average Bonchev–Trinajstić information content (AvgIpc) is 2.69. The number of carbonyl (C=O) groups excluding carboxylic acids is 1. The Kier molecular flexibility index (Phi) is 4.81. The summed E-state index contributed by atoms with van der Waals surface area (Å²) in [5, 5.41) is 0. The van der Waals surface area contributed by atoms with Gasteiger partial charge < -0.3 is 19.1 Å². The molecule has 4 rings (SSSR count). The highest BCUT2D eigenvalue weighted by atomic mass is 16.6. The quantitative estimate of drug-likeness (QED) is 0.816. The maximum atomic E-state index is 13.0. The van der Waals surface area contributed by atoms with Crippen LogP contribution in [0, 0.1) is 6.92 Å². The summed E-state index contributed by atoms with van der Waals surface area (Å²) in [5.74, 6) is 1.40. The van der Waals surface area contributed by atoms with Gasteiger partial charge in [0.1, 0.15) is 13.2 Å². The van der Waals surface area contributed by atoms with E-state index in [4.69, 9.17) is 14.2 Å². The first-order chi connectivity index (χ1) is 12.2.